The van der Waals surface area contributed by atoms with Crippen LogP contribution >= 0.6 is 0 Å². The van der Waals surface area contributed by atoms with Gasteiger partial charge in [0.05, 0.1) is 12.2 Å². The summed E-state index contributed by atoms with van der Waals surface area (Å²) in [5.74, 6) is 0.349. The lowest BCUT2D eigenvalue weighted by atomic mass is 10.0. The molecule has 320 valence electrons. The molecule has 0 aliphatic heterocycles. The van der Waals surface area contributed by atoms with Crippen LogP contribution in [0.15, 0.2) is 18.2 Å². The molecule has 0 aromatic heterocycles. The average molecular weight is 769 g/mol. The fourth-order valence-electron chi connectivity index (χ4n) is 7.63. The summed E-state index contributed by atoms with van der Waals surface area (Å²) in [5.41, 5.74) is 1.10. The summed E-state index contributed by atoms with van der Waals surface area (Å²) in [6, 6.07) is 5.35. The molecule has 0 radical (unpaired) electrons. The van der Waals surface area contributed by atoms with Crippen LogP contribution in [0.25, 0.3) is 0 Å². The summed E-state index contributed by atoms with van der Waals surface area (Å²) in [6.45, 7) is 8.75. The van der Waals surface area contributed by atoms with Crippen molar-refractivity contribution in [2.45, 2.75) is 252 Å². The number of benzene rings is 1. The van der Waals surface area contributed by atoms with Crippen LogP contribution in [0, 0.1) is 0 Å². The molecule has 0 unspecified atom stereocenters. The quantitative estimate of drug-likeness (QED) is 0.0651. The van der Waals surface area contributed by atoms with E-state index in [1.165, 1.54) is 193 Å². The SMILES string of the molecule is CCCCCCCCCCCCCCCCNC(=O)c1ccc(C(=O)NCCCCCCCCCCCCCCCC)c(OCCCCCCCCCC)c1. The van der Waals surface area contributed by atoms with Crippen LogP contribution in [0.3, 0.4) is 0 Å². The van der Waals surface area contributed by atoms with Gasteiger partial charge in [-0.15, -0.1) is 0 Å². The Bertz CT molecular complexity index is 995. The average Bonchev–Trinajstić information content (AvgIpc) is 3.20. The zero-order valence-corrected chi connectivity index (χ0v) is 37.0. The molecular formula is C50H92N2O3. The van der Waals surface area contributed by atoms with Crippen molar-refractivity contribution in [2.75, 3.05) is 19.7 Å². The first-order valence-electron chi connectivity index (χ1n) is 24.5. The first kappa shape index (κ1) is 51.0. The van der Waals surface area contributed by atoms with E-state index in [9.17, 15) is 9.59 Å². The third kappa shape index (κ3) is 31.7. The maximum absolute atomic E-state index is 13.3. The molecule has 0 heterocycles. The van der Waals surface area contributed by atoms with E-state index in [4.69, 9.17) is 4.74 Å². The Kier molecular flexibility index (Phi) is 37.2. The summed E-state index contributed by atoms with van der Waals surface area (Å²) >= 11 is 0. The molecule has 0 bridgehead atoms. The number of carbonyl (C=O) groups is 2. The largest absolute Gasteiger partial charge is 0.493 e. The van der Waals surface area contributed by atoms with Crippen LogP contribution in [-0.2, 0) is 0 Å². The van der Waals surface area contributed by atoms with Gasteiger partial charge in [-0.1, -0.05) is 233 Å². The van der Waals surface area contributed by atoms with E-state index >= 15 is 0 Å². The van der Waals surface area contributed by atoms with Gasteiger partial charge in [-0.3, -0.25) is 9.59 Å². The van der Waals surface area contributed by atoms with Crippen molar-refractivity contribution in [2.24, 2.45) is 0 Å². The van der Waals surface area contributed by atoms with Gasteiger partial charge < -0.3 is 15.4 Å². The number of rotatable bonds is 42. The highest BCUT2D eigenvalue weighted by Gasteiger charge is 2.16. The number of carbonyl (C=O) groups excluding carboxylic acids is 2. The van der Waals surface area contributed by atoms with Crippen LogP contribution in [0.1, 0.15) is 273 Å². The van der Waals surface area contributed by atoms with Crippen molar-refractivity contribution in [1.82, 2.24) is 10.6 Å². The summed E-state index contributed by atoms with van der Waals surface area (Å²) in [7, 11) is 0. The molecule has 2 amide bonds. The fraction of sp³-hybridized carbons (Fsp3) is 0.840. The molecule has 1 aromatic rings. The first-order valence-corrected chi connectivity index (χ1v) is 24.5. The van der Waals surface area contributed by atoms with Gasteiger partial charge in [0.1, 0.15) is 5.75 Å². The summed E-state index contributed by atoms with van der Waals surface area (Å²) in [6.07, 6.45) is 46.9. The number of ether oxygens (including phenoxy) is 1. The highest BCUT2D eigenvalue weighted by molar-refractivity contribution is 6.00. The lowest BCUT2D eigenvalue weighted by molar-refractivity contribution is 0.0937. The summed E-state index contributed by atoms with van der Waals surface area (Å²) in [4.78, 5) is 26.4. The zero-order chi connectivity index (χ0) is 39.7. The van der Waals surface area contributed by atoms with Crippen molar-refractivity contribution in [3.05, 3.63) is 29.3 Å². The highest BCUT2D eigenvalue weighted by atomic mass is 16.5. The minimum absolute atomic E-state index is 0.0824. The lowest BCUT2D eigenvalue weighted by Gasteiger charge is -2.14. The molecule has 0 atom stereocenters. The van der Waals surface area contributed by atoms with Crippen molar-refractivity contribution < 1.29 is 14.3 Å². The van der Waals surface area contributed by atoms with Gasteiger partial charge in [0.25, 0.3) is 11.8 Å². The highest BCUT2D eigenvalue weighted by Crippen LogP contribution is 2.22. The number of nitrogens with one attached hydrogen (secondary N) is 2. The molecule has 0 aliphatic carbocycles. The van der Waals surface area contributed by atoms with Gasteiger partial charge in [0.2, 0.25) is 0 Å². The Hall–Kier alpha value is -2.04. The number of amides is 2. The van der Waals surface area contributed by atoms with Gasteiger partial charge in [0, 0.05) is 18.7 Å². The predicted molar refractivity (Wildman–Crippen MR) is 240 cm³/mol. The molecule has 1 aromatic carbocycles. The third-order valence-electron chi connectivity index (χ3n) is 11.4. The lowest BCUT2D eigenvalue weighted by Crippen LogP contribution is -2.26. The standard InChI is InChI=1S/C50H92N2O3/c1-4-7-10-13-16-19-21-23-25-27-29-31-34-37-42-51-49(53)46-40-41-47(48(45-46)55-44-39-36-33-18-15-12-9-6-3)50(54)52-43-38-35-32-30-28-26-24-22-20-17-14-11-8-5-2/h40-41,45H,4-39,42-44H2,1-3H3,(H,51,53)(H,52,54). The number of hydrogen-bond donors (Lipinski definition) is 2. The maximum atomic E-state index is 13.3. The van der Waals surface area contributed by atoms with Gasteiger partial charge in [-0.05, 0) is 37.5 Å². The van der Waals surface area contributed by atoms with Gasteiger partial charge >= 0.3 is 0 Å². The maximum Gasteiger partial charge on any atom is 0.255 e. The van der Waals surface area contributed by atoms with Crippen LogP contribution in [0.5, 0.6) is 5.75 Å². The minimum Gasteiger partial charge on any atom is -0.493 e. The normalized spacial score (nSPS) is 11.3. The molecular weight excluding hydrogens is 677 g/mol. The summed E-state index contributed by atoms with van der Waals surface area (Å²) < 4.78 is 6.21. The Balaban J connectivity index is 2.38. The molecule has 0 aliphatic rings. The van der Waals surface area contributed by atoms with Gasteiger partial charge in [-0.25, -0.2) is 0 Å². The zero-order valence-electron chi connectivity index (χ0n) is 37.0. The van der Waals surface area contributed by atoms with Gasteiger partial charge in [0.15, 0.2) is 0 Å². The van der Waals surface area contributed by atoms with E-state index in [0.717, 1.165) is 38.5 Å². The number of hydrogen-bond acceptors (Lipinski definition) is 3. The van der Waals surface area contributed by atoms with Crippen LogP contribution in [0.4, 0.5) is 0 Å². The Morgan fingerprint density at radius 1 is 0.400 bits per heavy atom. The molecule has 5 nitrogen and oxygen atoms in total. The Morgan fingerprint density at radius 2 is 0.709 bits per heavy atom. The van der Waals surface area contributed by atoms with Crippen molar-refractivity contribution in [1.29, 1.82) is 0 Å². The third-order valence-corrected chi connectivity index (χ3v) is 11.4. The molecule has 0 saturated carbocycles. The molecule has 55 heavy (non-hydrogen) atoms. The second-order valence-corrected chi connectivity index (χ2v) is 16.7. The molecule has 5 heteroatoms. The second kappa shape index (κ2) is 40.2. The monoisotopic (exact) mass is 769 g/mol. The minimum atomic E-state index is -0.102. The molecule has 1 rings (SSSR count). The van der Waals surface area contributed by atoms with E-state index in [2.05, 4.69) is 31.4 Å². The van der Waals surface area contributed by atoms with Crippen LogP contribution < -0.4 is 15.4 Å². The van der Waals surface area contributed by atoms with Crippen molar-refractivity contribution in [3.8, 4) is 5.75 Å². The van der Waals surface area contributed by atoms with Gasteiger partial charge in [-0.2, -0.15) is 0 Å². The van der Waals surface area contributed by atoms with E-state index in [-0.39, 0.29) is 11.8 Å². The second-order valence-electron chi connectivity index (χ2n) is 16.7. The number of unbranched alkanes of at least 4 members (excludes halogenated alkanes) is 33. The van der Waals surface area contributed by atoms with Crippen molar-refractivity contribution >= 4 is 11.8 Å². The van der Waals surface area contributed by atoms with E-state index in [0.29, 0.717) is 36.6 Å². The molecule has 0 saturated heterocycles. The Morgan fingerprint density at radius 3 is 1.07 bits per heavy atom. The van der Waals surface area contributed by atoms with Crippen molar-refractivity contribution in [3.63, 3.8) is 0 Å². The van der Waals surface area contributed by atoms with Crippen LogP contribution in [-0.4, -0.2) is 31.5 Å². The van der Waals surface area contributed by atoms with E-state index < -0.39 is 0 Å². The first-order chi connectivity index (χ1) is 27.1. The summed E-state index contributed by atoms with van der Waals surface area (Å²) in [5, 5.41) is 6.24. The van der Waals surface area contributed by atoms with Crippen LogP contribution in [0.2, 0.25) is 0 Å². The van der Waals surface area contributed by atoms with E-state index in [1.54, 1.807) is 18.2 Å². The van der Waals surface area contributed by atoms with E-state index in [1.807, 2.05) is 0 Å². The Labute approximate surface area is 342 Å². The predicted octanol–water partition coefficient (Wildman–Crippen LogP) is 15.6. The fourth-order valence-corrected chi connectivity index (χ4v) is 7.63. The molecule has 0 fully saturated rings. The molecule has 2 N–H and O–H groups in total. The topological polar surface area (TPSA) is 67.4 Å². The smallest absolute Gasteiger partial charge is 0.255 e. The molecule has 0 spiro atoms.